The van der Waals surface area contributed by atoms with E-state index in [0.29, 0.717) is 6.42 Å². The van der Waals surface area contributed by atoms with Crippen LogP contribution in [0, 0.1) is 18.8 Å². The number of ketones is 1. The molecule has 0 aromatic carbocycles. The molecule has 29 heavy (non-hydrogen) atoms. The predicted molar refractivity (Wildman–Crippen MR) is 121 cm³/mol. The van der Waals surface area contributed by atoms with Crippen LogP contribution in [0.1, 0.15) is 69.7 Å². The minimum absolute atomic E-state index is 0.0483. The van der Waals surface area contributed by atoms with Crippen LogP contribution in [-0.4, -0.2) is 41.8 Å². The highest BCUT2D eigenvalue weighted by molar-refractivity contribution is 7.99. The Kier molecular flexibility index (Phi) is 10.1. The Balaban J connectivity index is 2.14. The Bertz CT molecular complexity index is 647. The first-order valence-corrected chi connectivity index (χ1v) is 12.2. The number of pyridine rings is 1. The van der Waals surface area contributed by atoms with E-state index in [2.05, 4.69) is 31.8 Å². The van der Waals surface area contributed by atoms with E-state index in [-0.39, 0.29) is 18.5 Å². The summed E-state index contributed by atoms with van der Waals surface area (Å²) in [7, 11) is 1.60. The lowest BCUT2D eigenvalue weighted by Crippen LogP contribution is -2.50. The molecule has 1 heterocycles. The van der Waals surface area contributed by atoms with Crippen molar-refractivity contribution in [3.8, 4) is 0 Å². The molecule has 1 fully saturated rings. The summed E-state index contributed by atoms with van der Waals surface area (Å²) in [5, 5.41) is 0. The van der Waals surface area contributed by atoms with Gasteiger partial charge in [-0.2, -0.15) is 11.8 Å². The number of ether oxygens (including phenoxy) is 2. The van der Waals surface area contributed by atoms with Gasteiger partial charge in [-0.05, 0) is 61.3 Å². The number of thioether (sulfide) groups is 1. The highest BCUT2D eigenvalue weighted by Crippen LogP contribution is 2.34. The third-order valence-electron chi connectivity index (χ3n) is 6.12. The fourth-order valence-electron chi connectivity index (χ4n) is 3.94. The summed E-state index contributed by atoms with van der Waals surface area (Å²) in [6, 6.07) is 2.19. The maximum absolute atomic E-state index is 12.8. The Labute approximate surface area is 181 Å². The van der Waals surface area contributed by atoms with Crippen LogP contribution in [0.3, 0.4) is 0 Å². The average molecular weight is 422 g/mol. The van der Waals surface area contributed by atoms with Gasteiger partial charge in [-0.3, -0.25) is 9.78 Å². The first kappa shape index (κ1) is 24.4. The van der Waals surface area contributed by atoms with Crippen LogP contribution in [0.5, 0.6) is 0 Å². The molecular formula is C24H39NO3S. The standard InChI is InChI=1S/C24H39NO3S/c1-6-29-16-19(3)24(20(4)26,28-17-27-5)14-23-13-22(18(2)15-25-23)10-8-7-9-21-11-12-21/h13,15,19,21H,6-12,14,16-17H2,1-5H3/t19-,24+/m0/s1. The average Bonchev–Trinajstić information content (AvgIpc) is 3.52. The SMILES string of the molecule is CCSC[C@H](C)[C@@](Cc1cc(CCCCC2CC2)c(C)cn1)(OCOC)C(C)=O. The van der Waals surface area contributed by atoms with Gasteiger partial charge in [-0.15, -0.1) is 0 Å². The molecule has 164 valence electrons. The minimum atomic E-state index is -0.899. The lowest BCUT2D eigenvalue weighted by molar-refractivity contribution is -0.171. The molecule has 0 aliphatic heterocycles. The molecule has 1 aromatic heterocycles. The third-order valence-corrected chi connectivity index (χ3v) is 7.26. The van der Waals surface area contributed by atoms with Gasteiger partial charge in [0.15, 0.2) is 5.78 Å². The monoisotopic (exact) mass is 421 g/mol. The number of Topliss-reactive ketones (excluding diaryl/α,β-unsaturated/α-hetero) is 1. The zero-order chi connectivity index (χ0) is 21.3. The largest absolute Gasteiger partial charge is 0.359 e. The van der Waals surface area contributed by atoms with Gasteiger partial charge in [0.2, 0.25) is 0 Å². The molecule has 4 nitrogen and oxygen atoms in total. The molecule has 0 saturated heterocycles. The third kappa shape index (κ3) is 7.37. The molecule has 0 N–H and O–H groups in total. The van der Waals surface area contributed by atoms with Crippen molar-refractivity contribution in [3.05, 3.63) is 29.1 Å². The highest BCUT2D eigenvalue weighted by Gasteiger charge is 2.42. The van der Waals surface area contributed by atoms with Crippen LogP contribution in [-0.2, 0) is 27.1 Å². The van der Waals surface area contributed by atoms with Gasteiger partial charge in [0.1, 0.15) is 12.4 Å². The fraction of sp³-hybridized carbons (Fsp3) is 0.750. The summed E-state index contributed by atoms with van der Waals surface area (Å²) in [5.41, 5.74) is 2.63. The Hall–Kier alpha value is -0.910. The van der Waals surface area contributed by atoms with E-state index in [1.165, 1.54) is 43.2 Å². The van der Waals surface area contributed by atoms with E-state index in [1.807, 2.05) is 18.0 Å². The van der Waals surface area contributed by atoms with Crippen molar-refractivity contribution < 1.29 is 14.3 Å². The summed E-state index contributed by atoms with van der Waals surface area (Å²) in [6.45, 7) is 8.12. The maximum Gasteiger partial charge on any atom is 0.162 e. The Morgan fingerprint density at radius 3 is 2.76 bits per heavy atom. The number of aryl methyl sites for hydroxylation is 2. The quantitative estimate of drug-likeness (QED) is 0.281. The smallest absolute Gasteiger partial charge is 0.162 e. The number of carbonyl (C=O) groups excluding carboxylic acids is 1. The van der Waals surface area contributed by atoms with Crippen LogP contribution < -0.4 is 0 Å². The molecule has 1 aromatic rings. The first-order chi connectivity index (χ1) is 13.9. The number of methoxy groups -OCH3 is 1. The molecule has 1 aliphatic carbocycles. The number of nitrogens with zero attached hydrogens (tertiary/aromatic N) is 1. The lowest BCUT2D eigenvalue weighted by Gasteiger charge is -2.36. The minimum Gasteiger partial charge on any atom is -0.359 e. The zero-order valence-corrected chi connectivity index (χ0v) is 19.8. The second kappa shape index (κ2) is 12.1. The van der Waals surface area contributed by atoms with Crippen molar-refractivity contribution in [2.75, 3.05) is 25.4 Å². The summed E-state index contributed by atoms with van der Waals surface area (Å²) < 4.78 is 11.3. The molecule has 0 amide bonds. The summed E-state index contributed by atoms with van der Waals surface area (Å²) >= 11 is 1.84. The number of carbonyl (C=O) groups is 1. The van der Waals surface area contributed by atoms with E-state index in [1.54, 1.807) is 14.0 Å². The summed E-state index contributed by atoms with van der Waals surface area (Å²) in [5.74, 6) is 3.02. The van der Waals surface area contributed by atoms with Crippen LogP contribution in [0.25, 0.3) is 0 Å². The van der Waals surface area contributed by atoms with Crippen LogP contribution in [0.4, 0.5) is 0 Å². The van der Waals surface area contributed by atoms with Gasteiger partial charge in [0.25, 0.3) is 0 Å². The molecule has 2 atom stereocenters. The van der Waals surface area contributed by atoms with Gasteiger partial charge >= 0.3 is 0 Å². The highest BCUT2D eigenvalue weighted by atomic mass is 32.2. The van der Waals surface area contributed by atoms with Crippen molar-refractivity contribution in [2.45, 2.75) is 78.2 Å². The lowest BCUT2D eigenvalue weighted by atomic mass is 9.81. The number of unbranched alkanes of at least 4 members (excludes halogenated alkanes) is 1. The molecule has 0 radical (unpaired) electrons. The normalized spacial score (nSPS) is 17.1. The van der Waals surface area contributed by atoms with Crippen LogP contribution in [0.2, 0.25) is 0 Å². The van der Waals surface area contributed by atoms with Crippen molar-refractivity contribution in [3.63, 3.8) is 0 Å². The van der Waals surface area contributed by atoms with E-state index in [4.69, 9.17) is 9.47 Å². The Morgan fingerprint density at radius 1 is 1.38 bits per heavy atom. The van der Waals surface area contributed by atoms with Gasteiger partial charge < -0.3 is 9.47 Å². The molecule has 0 bridgehead atoms. The van der Waals surface area contributed by atoms with Gasteiger partial charge in [-0.1, -0.05) is 39.5 Å². The summed E-state index contributed by atoms with van der Waals surface area (Å²) in [4.78, 5) is 17.5. The van der Waals surface area contributed by atoms with Gasteiger partial charge in [0.05, 0.1) is 0 Å². The van der Waals surface area contributed by atoms with Crippen molar-refractivity contribution >= 4 is 17.5 Å². The second-order valence-electron chi connectivity index (χ2n) is 8.53. The van der Waals surface area contributed by atoms with E-state index < -0.39 is 5.60 Å². The molecule has 1 aliphatic rings. The number of aromatic nitrogens is 1. The van der Waals surface area contributed by atoms with Gasteiger partial charge in [0, 0.05) is 31.3 Å². The Morgan fingerprint density at radius 2 is 2.14 bits per heavy atom. The molecule has 5 heteroatoms. The van der Waals surface area contributed by atoms with E-state index >= 15 is 0 Å². The second-order valence-corrected chi connectivity index (χ2v) is 9.84. The van der Waals surface area contributed by atoms with Crippen molar-refractivity contribution in [2.24, 2.45) is 11.8 Å². The van der Waals surface area contributed by atoms with E-state index in [9.17, 15) is 4.79 Å². The van der Waals surface area contributed by atoms with Crippen LogP contribution >= 0.6 is 11.8 Å². The molecule has 1 saturated carbocycles. The van der Waals surface area contributed by atoms with E-state index in [0.717, 1.165) is 29.5 Å². The molecule has 2 rings (SSSR count). The topological polar surface area (TPSA) is 48.4 Å². The summed E-state index contributed by atoms with van der Waals surface area (Å²) in [6.07, 6.45) is 10.3. The fourth-order valence-corrected chi connectivity index (χ4v) is 4.80. The first-order valence-electron chi connectivity index (χ1n) is 11.1. The number of rotatable bonds is 15. The number of hydrogen-bond acceptors (Lipinski definition) is 5. The molecular weight excluding hydrogens is 382 g/mol. The van der Waals surface area contributed by atoms with Crippen molar-refractivity contribution in [1.82, 2.24) is 4.98 Å². The zero-order valence-electron chi connectivity index (χ0n) is 19.0. The van der Waals surface area contributed by atoms with Crippen LogP contribution in [0.15, 0.2) is 12.3 Å². The maximum atomic E-state index is 12.8. The van der Waals surface area contributed by atoms with Crippen molar-refractivity contribution in [1.29, 1.82) is 0 Å². The van der Waals surface area contributed by atoms with Gasteiger partial charge in [-0.25, -0.2) is 0 Å². The molecule has 0 spiro atoms. The number of hydrogen-bond donors (Lipinski definition) is 0. The molecule has 0 unspecified atom stereocenters. The predicted octanol–water partition coefficient (Wildman–Crippen LogP) is 5.39.